The monoisotopic (exact) mass is 414 g/mol. The molecule has 1 aliphatic heterocycles. The molecule has 3 aromatic rings. The van der Waals surface area contributed by atoms with Crippen molar-refractivity contribution in [3.8, 4) is 0 Å². The summed E-state index contributed by atoms with van der Waals surface area (Å²) < 4.78 is 32.3. The second kappa shape index (κ2) is 7.84. The summed E-state index contributed by atoms with van der Waals surface area (Å²) in [6.07, 6.45) is 0. The maximum Gasteiger partial charge on any atom is 0.338 e. The Kier molecular flexibility index (Phi) is 5.25. The summed E-state index contributed by atoms with van der Waals surface area (Å²) in [5.74, 6) is 0.290. The number of imidazole rings is 1. The number of aromatic nitrogens is 2. The van der Waals surface area contributed by atoms with E-state index in [0.717, 1.165) is 17.0 Å². The zero-order chi connectivity index (χ0) is 20.4. The Bertz CT molecular complexity index is 1080. The number of carbonyl (C=O) groups excluding carboxylic acids is 1. The summed E-state index contributed by atoms with van der Waals surface area (Å²) in [5, 5.41) is 0. The minimum absolute atomic E-state index is 0.169. The van der Waals surface area contributed by atoms with Crippen LogP contribution in [0.4, 0.5) is 5.95 Å². The Labute approximate surface area is 169 Å². The van der Waals surface area contributed by atoms with E-state index >= 15 is 0 Å². The number of H-pyrrole nitrogens is 1. The molecule has 0 unspecified atom stereocenters. The molecule has 1 aliphatic rings. The molecule has 152 valence electrons. The van der Waals surface area contributed by atoms with Gasteiger partial charge in [-0.2, -0.15) is 4.31 Å². The minimum atomic E-state index is -3.62. The van der Waals surface area contributed by atoms with Crippen molar-refractivity contribution < 1.29 is 17.9 Å². The summed E-state index contributed by atoms with van der Waals surface area (Å²) in [7, 11) is -3.62. The number of rotatable bonds is 5. The highest BCUT2D eigenvalue weighted by atomic mass is 32.2. The third kappa shape index (κ3) is 3.83. The Hall–Kier alpha value is -2.91. The molecule has 0 radical (unpaired) electrons. The Balaban J connectivity index is 1.45. The largest absolute Gasteiger partial charge is 0.462 e. The normalized spacial score (nSPS) is 15.6. The van der Waals surface area contributed by atoms with Gasteiger partial charge in [0.1, 0.15) is 0 Å². The number of sulfonamides is 1. The molecule has 1 aromatic heterocycles. The molecule has 0 bridgehead atoms. The average molecular weight is 414 g/mol. The van der Waals surface area contributed by atoms with Crippen molar-refractivity contribution in [3.63, 3.8) is 0 Å². The van der Waals surface area contributed by atoms with Gasteiger partial charge in [-0.3, -0.25) is 0 Å². The van der Waals surface area contributed by atoms with Crippen LogP contribution in [-0.2, 0) is 14.8 Å². The van der Waals surface area contributed by atoms with Gasteiger partial charge in [0.2, 0.25) is 16.0 Å². The average Bonchev–Trinajstić information content (AvgIpc) is 3.18. The summed E-state index contributed by atoms with van der Waals surface area (Å²) in [5.41, 5.74) is 2.18. The first-order valence-corrected chi connectivity index (χ1v) is 10.9. The number of fused-ring (bicyclic) bond motifs is 1. The van der Waals surface area contributed by atoms with Gasteiger partial charge in [-0.25, -0.2) is 18.2 Å². The molecule has 29 heavy (non-hydrogen) atoms. The van der Waals surface area contributed by atoms with Crippen LogP contribution in [0.1, 0.15) is 17.3 Å². The molecule has 0 atom stereocenters. The van der Waals surface area contributed by atoms with Gasteiger partial charge < -0.3 is 14.6 Å². The predicted octanol–water partition coefficient (Wildman–Crippen LogP) is 2.25. The van der Waals surface area contributed by atoms with Crippen LogP contribution >= 0.6 is 0 Å². The Morgan fingerprint density at radius 3 is 2.41 bits per heavy atom. The summed E-state index contributed by atoms with van der Waals surface area (Å²) in [6.45, 7) is 3.80. The second-order valence-electron chi connectivity index (χ2n) is 6.71. The lowest BCUT2D eigenvalue weighted by atomic mass is 10.2. The Morgan fingerprint density at radius 2 is 1.76 bits per heavy atom. The molecule has 9 heteroatoms. The lowest BCUT2D eigenvalue weighted by Gasteiger charge is -2.33. The van der Waals surface area contributed by atoms with Crippen molar-refractivity contribution in [2.45, 2.75) is 11.8 Å². The van der Waals surface area contributed by atoms with Crippen LogP contribution in [0, 0.1) is 0 Å². The van der Waals surface area contributed by atoms with Crippen molar-refractivity contribution in [2.75, 3.05) is 37.7 Å². The minimum Gasteiger partial charge on any atom is -0.462 e. The number of ether oxygens (including phenoxy) is 1. The number of benzene rings is 2. The lowest BCUT2D eigenvalue weighted by Crippen LogP contribution is -2.49. The topological polar surface area (TPSA) is 95.6 Å². The van der Waals surface area contributed by atoms with Gasteiger partial charge in [0.25, 0.3) is 0 Å². The van der Waals surface area contributed by atoms with Gasteiger partial charge in [-0.1, -0.05) is 12.1 Å². The van der Waals surface area contributed by atoms with Crippen molar-refractivity contribution in [2.24, 2.45) is 0 Å². The highest BCUT2D eigenvalue weighted by Gasteiger charge is 2.29. The van der Waals surface area contributed by atoms with E-state index in [9.17, 15) is 13.2 Å². The smallest absolute Gasteiger partial charge is 0.338 e. The molecule has 0 aliphatic carbocycles. The van der Waals surface area contributed by atoms with Gasteiger partial charge in [0.15, 0.2) is 0 Å². The third-order valence-corrected chi connectivity index (χ3v) is 6.83. The van der Waals surface area contributed by atoms with Gasteiger partial charge in [0.05, 0.1) is 28.1 Å². The van der Waals surface area contributed by atoms with Crippen LogP contribution in [0.5, 0.6) is 0 Å². The standard InChI is InChI=1S/C20H22N4O4S/c1-2-28-19(25)15-7-9-16(10-8-15)29(26,27)24-13-11-23(12-14-24)20-21-17-5-3-4-6-18(17)22-20/h3-10H,2,11-14H2,1H3,(H,21,22). The van der Waals surface area contributed by atoms with Crippen LogP contribution in [0.3, 0.4) is 0 Å². The van der Waals surface area contributed by atoms with Gasteiger partial charge in [-0.15, -0.1) is 0 Å². The zero-order valence-electron chi connectivity index (χ0n) is 16.0. The molecule has 2 heterocycles. The van der Waals surface area contributed by atoms with Crippen LogP contribution in [0.25, 0.3) is 11.0 Å². The molecular weight excluding hydrogens is 392 g/mol. The quantitative estimate of drug-likeness (QED) is 0.644. The maximum atomic E-state index is 12.9. The SMILES string of the molecule is CCOC(=O)c1ccc(S(=O)(=O)N2CCN(c3nc4ccccc4[nH]3)CC2)cc1. The van der Waals surface area contributed by atoms with Gasteiger partial charge in [-0.05, 0) is 43.3 Å². The summed E-state index contributed by atoms with van der Waals surface area (Å²) in [4.78, 5) is 21.8. The highest BCUT2D eigenvalue weighted by molar-refractivity contribution is 7.89. The van der Waals surface area contributed by atoms with E-state index in [1.54, 1.807) is 6.92 Å². The first-order chi connectivity index (χ1) is 14.0. The molecule has 1 saturated heterocycles. The molecule has 4 rings (SSSR count). The molecule has 0 amide bonds. The van der Waals surface area contributed by atoms with E-state index in [2.05, 4.69) is 14.9 Å². The first kappa shape index (κ1) is 19.4. The number of nitrogens with zero attached hydrogens (tertiary/aromatic N) is 3. The fourth-order valence-corrected chi connectivity index (χ4v) is 4.78. The van der Waals surface area contributed by atoms with Crippen molar-refractivity contribution in [1.82, 2.24) is 14.3 Å². The van der Waals surface area contributed by atoms with Crippen LogP contribution in [0.2, 0.25) is 0 Å². The van der Waals surface area contributed by atoms with Crippen LogP contribution in [0.15, 0.2) is 53.4 Å². The van der Waals surface area contributed by atoms with E-state index in [1.807, 2.05) is 24.3 Å². The number of hydrogen-bond acceptors (Lipinski definition) is 6. The number of anilines is 1. The lowest BCUT2D eigenvalue weighted by molar-refractivity contribution is 0.0526. The number of nitrogens with one attached hydrogen (secondary N) is 1. The fourth-order valence-electron chi connectivity index (χ4n) is 3.36. The third-order valence-electron chi connectivity index (χ3n) is 4.92. The zero-order valence-corrected chi connectivity index (χ0v) is 16.9. The number of hydrogen-bond donors (Lipinski definition) is 1. The molecule has 0 saturated carbocycles. The number of aromatic amines is 1. The number of esters is 1. The molecule has 1 N–H and O–H groups in total. The number of carbonyl (C=O) groups is 1. The van der Waals surface area contributed by atoms with Crippen molar-refractivity contribution >= 4 is 33.0 Å². The van der Waals surface area contributed by atoms with E-state index < -0.39 is 16.0 Å². The summed E-state index contributed by atoms with van der Waals surface area (Å²) >= 11 is 0. The molecule has 1 fully saturated rings. The molecule has 2 aromatic carbocycles. The van der Waals surface area contributed by atoms with E-state index in [-0.39, 0.29) is 11.5 Å². The van der Waals surface area contributed by atoms with Gasteiger partial charge in [0, 0.05) is 26.2 Å². The highest BCUT2D eigenvalue weighted by Crippen LogP contribution is 2.22. The van der Waals surface area contributed by atoms with Crippen LogP contribution < -0.4 is 4.90 Å². The number of para-hydroxylation sites is 2. The van der Waals surface area contributed by atoms with Crippen LogP contribution in [-0.4, -0.2) is 61.4 Å². The first-order valence-electron chi connectivity index (χ1n) is 9.46. The van der Waals surface area contributed by atoms with E-state index in [1.165, 1.54) is 28.6 Å². The molecular formula is C20H22N4O4S. The van der Waals surface area contributed by atoms with E-state index in [4.69, 9.17) is 4.74 Å². The van der Waals surface area contributed by atoms with E-state index in [0.29, 0.717) is 31.7 Å². The maximum absolute atomic E-state index is 12.9. The Morgan fingerprint density at radius 1 is 1.07 bits per heavy atom. The summed E-state index contributed by atoms with van der Waals surface area (Å²) in [6, 6.07) is 13.7. The van der Waals surface area contributed by atoms with Crippen molar-refractivity contribution in [1.29, 1.82) is 0 Å². The molecule has 8 nitrogen and oxygen atoms in total. The van der Waals surface area contributed by atoms with Crippen molar-refractivity contribution in [3.05, 3.63) is 54.1 Å². The molecule has 0 spiro atoms. The number of piperazine rings is 1. The predicted molar refractivity (Wildman–Crippen MR) is 109 cm³/mol. The second-order valence-corrected chi connectivity index (χ2v) is 8.65. The van der Waals surface area contributed by atoms with Gasteiger partial charge >= 0.3 is 5.97 Å². The fraction of sp³-hybridized carbons (Fsp3) is 0.300.